The summed E-state index contributed by atoms with van der Waals surface area (Å²) in [5, 5.41) is 0. The van der Waals surface area contributed by atoms with Crippen LogP contribution in [0.5, 0.6) is 0 Å². The van der Waals surface area contributed by atoms with Gasteiger partial charge in [0.15, 0.2) is 0 Å². The first-order valence-electron chi connectivity index (χ1n) is 4.78. The van der Waals surface area contributed by atoms with Gasteiger partial charge in [0.1, 0.15) is 0 Å². The van der Waals surface area contributed by atoms with Crippen LogP contribution in [0.1, 0.15) is 27.2 Å². The summed E-state index contributed by atoms with van der Waals surface area (Å²) in [4.78, 5) is 0. The minimum Gasteiger partial charge on any atom is -0.325 e. The number of nitrogens with two attached hydrogens (primary N) is 1. The maximum atomic E-state index is 6.24. The first-order chi connectivity index (χ1) is 4.99. The molecule has 11 heavy (non-hydrogen) atoms. The van der Waals surface area contributed by atoms with Gasteiger partial charge in [-0.2, -0.15) is 0 Å². The Morgan fingerprint density at radius 2 is 1.91 bits per heavy atom. The van der Waals surface area contributed by atoms with Crippen LogP contribution < -0.4 is 5.73 Å². The zero-order valence-corrected chi connectivity index (χ0v) is 7.59. The van der Waals surface area contributed by atoms with E-state index in [0.29, 0.717) is 11.0 Å². The van der Waals surface area contributed by atoms with Gasteiger partial charge in [-0.25, -0.2) is 0 Å². The second-order valence-electron chi connectivity index (χ2n) is 5.58. The average Bonchev–Trinajstić information content (AvgIpc) is 1.92. The standard InChI is InChI=1S/C10H17N/c1-5-7-8-6(9(7,2)3)4-10(5,8)11/h5-8H,4,11H2,1-3H3/t5-,6-,7+,8?,10+/m0/s1. The van der Waals surface area contributed by atoms with E-state index in [1.807, 2.05) is 0 Å². The molecule has 0 aromatic heterocycles. The van der Waals surface area contributed by atoms with Gasteiger partial charge < -0.3 is 5.73 Å². The summed E-state index contributed by atoms with van der Waals surface area (Å²) in [5.74, 6) is 3.67. The molecular formula is C10H17N. The van der Waals surface area contributed by atoms with Gasteiger partial charge in [-0.05, 0) is 35.5 Å². The lowest BCUT2D eigenvalue weighted by Gasteiger charge is -2.85. The summed E-state index contributed by atoms with van der Waals surface area (Å²) in [6, 6.07) is 0. The number of hydrogen-bond donors (Lipinski definition) is 1. The van der Waals surface area contributed by atoms with E-state index in [1.54, 1.807) is 0 Å². The summed E-state index contributed by atoms with van der Waals surface area (Å²) in [7, 11) is 0. The van der Waals surface area contributed by atoms with Gasteiger partial charge >= 0.3 is 0 Å². The first-order valence-corrected chi connectivity index (χ1v) is 4.78. The second-order valence-corrected chi connectivity index (χ2v) is 5.58. The predicted molar refractivity (Wildman–Crippen MR) is 45.0 cm³/mol. The van der Waals surface area contributed by atoms with E-state index in [-0.39, 0.29) is 0 Å². The topological polar surface area (TPSA) is 26.0 Å². The molecule has 0 aromatic rings. The third-order valence-electron chi connectivity index (χ3n) is 5.22. The molecule has 0 saturated heterocycles. The Hall–Kier alpha value is -0.0400. The lowest BCUT2D eigenvalue weighted by atomic mass is 9.21. The lowest BCUT2D eigenvalue weighted by molar-refractivity contribution is -0.340. The van der Waals surface area contributed by atoms with Gasteiger partial charge in [0, 0.05) is 5.54 Å². The third kappa shape index (κ3) is 0.376. The van der Waals surface area contributed by atoms with Crippen LogP contribution in [0.4, 0.5) is 0 Å². The van der Waals surface area contributed by atoms with Gasteiger partial charge in [-0.1, -0.05) is 20.8 Å². The van der Waals surface area contributed by atoms with Crippen molar-refractivity contribution in [1.82, 2.24) is 0 Å². The fourth-order valence-electron chi connectivity index (χ4n) is 4.42. The van der Waals surface area contributed by atoms with Crippen molar-refractivity contribution in [1.29, 1.82) is 0 Å². The van der Waals surface area contributed by atoms with Crippen molar-refractivity contribution in [3.8, 4) is 0 Å². The van der Waals surface area contributed by atoms with Crippen molar-refractivity contribution in [2.24, 2.45) is 34.8 Å². The molecule has 1 nitrogen and oxygen atoms in total. The van der Waals surface area contributed by atoms with Gasteiger partial charge in [-0.15, -0.1) is 0 Å². The largest absolute Gasteiger partial charge is 0.325 e. The maximum Gasteiger partial charge on any atom is 0.0220 e. The van der Waals surface area contributed by atoms with Crippen molar-refractivity contribution in [2.75, 3.05) is 0 Å². The van der Waals surface area contributed by atoms with Crippen molar-refractivity contribution < 1.29 is 0 Å². The molecule has 3 saturated carbocycles. The van der Waals surface area contributed by atoms with Crippen LogP contribution in [0, 0.1) is 29.1 Å². The van der Waals surface area contributed by atoms with E-state index < -0.39 is 0 Å². The lowest BCUT2D eigenvalue weighted by Crippen LogP contribution is -2.88. The summed E-state index contributed by atoms with van der Waals surface area (Å²) in [6.07, 6.45) is 1.31. The summed E-state index contributed by atoms with van der Waals surface area (Å²) in [5.41, 5.74) is 7.16. The van der Waals surface area contributed by atoms with Gasteiger partial charge in [0.2, 0.25) is 0 Å². The van der Waals surface area contributed by atoms with Crippen molar-refractivity contribution >= 4 is 0 Å². The quantitative estimate of drug-likeness (QED) is 0.559. The highest BCUT2D eigenvalue weighted by atomic mass is 15.0. The SMILES string of the molecule is C[C@H]1[C@@H]2C3[C@H](C[C@]31N)C2(C)C. The molecule has 5 atom stereocenters. The van der Waals surface area contributed by atoms with Crippen LogP contribution in [0.3, 0.4) is 0 Å². The molecule has 0 radical (unpaired) electrons. The highest BCUT2D eigenvalue weighted by Gasteiger charge is 2.81. The third-order valence-corrected chi connectivity index (χ3v) is 5.22. The van der Waals surface area contributed by atoms with Gasteiger partial charge in [0.25, 0.3) is 0 Å². The number of hydrogen-bond acceptors (Lipinski definition) is 1. The summed E-state index contributed by atoms with van der Waals surface area (Å²) < 4.78 is 0. The van der Waals surface area contributed by atoms with E-state index >= 15 is 0 Å². The van der Waals surface area contributed by atoms with Gasteiger partial charge in [0.05, 0.1) is 0 Å². The van der Waals surface area contributed by atoms with Crippen LogP contribution in [-0.4, -0.2) is 5.54 Å². The molecule has 3 aliphatic carbocycles. The molecule has 0 aliphatic heterocycles. The maximum absolute atomic E-state index is 6.24. The molecule has 0 aromatic carbocycles. The van der Waals surface area contributed by atoms with E-state index in [0.717, 1.165) is 23.7 Å². The van der Waals surface area contributed by atoms with E-state index in [9.17, 15) is 0 Å². The summed E-state index contributed by atoms with van der Waals surface area (Å²) >= 11 is 0. The van der Waals surface area contributed by atoms with Crippen LogP contribution >= 0.6 is 0 Å². The molecule has 3 aliphatic rings. The zero-order valence-electron chi connectivity index (χ0n) is 7.59. The van der Waals surface area contributed by atoms with E-state index in [2.05, 4.69) is 20.8 Å². The molecule has 0 amide bonds. The molecule has 1 heteroatoms. The molecule has 2 N–H and O–H groups in total. The van der Waals surface area contributed by atoms with Crippen molar-refractivity contribution in [2.45, 2.75) is 32.7 Å². The highest BCUT2D eigenvalue weighted by molar-refractivity contribution is 5.32. The van der Waals surface area contributed by atoms with E-state index in [4.69, 9.17) is 5.73 Å². The Labute approximate surface area is 68.3 Å². The highest BCUT2D eigenvalue weighted by Crippen LogP contribution is 2.80. The molecule has 62 valence electrons. The smallest absolute Gasteiger partial charge is 0.0220 e. The molecular weight excluding hydrogens is 134 g/mol. The fraction of sp³-hybridized carbons (Fsp3) is 1.00. The fourth-order valence-corrected chi connectivity index (χ4v) is 4.42. The Kier molecular flexibility index (Phi) is 0.755. The van der Waals surface area contributed by atoms with Crippen LogP contribution in [0.15, 0.2) is 0 Å². The minimum absolute atomic E-state index is 0.296. The Bertz CT molecular complexity index is 225. The van der Waals surface area contributed by atoms with Crippen LogP contribution in [-0.2, 0) is 0 Å². The second kappa shape index (κ2) is 1.28. The zero-order chi connectivity index (χ0) is 8.02. The molecule has 3 fully saturated rings. The van der Waals surface area contributed by atoms with Gasteiger partial charge in [-0.3, -0.25) is 0 Å². The molecule has 0 bridgehead atoms. The molecule has 3 rings (SSSR count). The molecule has 0 spiro atoms. The minimum atomic E-state index is 0.296. The Balaban J connectivity index is 1.97. The van der Waals surface area contributed by atoms with E-state index in [1.165, 1.54) is 6.42 Å². The number of rotatable bonds is 0. The molecule has 0 heterocycles. The average molecular weight is 151 g/mol. The monoisotopic (exact) mass is 151 g/mol. The normalized spacial score (nSPS) is 68.7. The van der Waals surface area contributed by atoms with Crippen molar-refractivity contribution in [3.63, 3.8) is 0 Å². The Morgan fingerprint density at radius 1 is 1.27 bits per heavy atom. The summed E-state index contributed by atoms with van der Waals surface area (Å²) in [6.45, 7) is 7.19. The van der Waals surface area contributed by atoms with Crippen molar-refractivity contribution in [3.05, 3.63) is 0 Å². The van der Waals surface area contributed by atoms with Crippen LogP contribution in [0.25, 0.3) is 0 Å². The predicted octanol–water partition coefficient (Wildman–Crippen LogP) is 1.63. The first kappa shape index (κ1) is 6.47. The Morgan fingerprint density at radius 3 is 2.27 bits per heavy atom. The molecule has 1 unspecified atom stereocenters. The van der Waals surface area contributed by atoms with Crippen LogP contribution in [0.2, 0.25) is 0 Å².